The monoisotopic (exact) mass is 372 g/mol. The molecule has 0 spiro atoms. The van der Waals surface area contributed by atoms with Crippen LogP contribution in [-0.2, 0) is 9.09 Å². The molecular formula is C23H33O2P. The lowest BCUT2D eigenvalue weighted by molar-refractivity contribution is 0.357. The molecule has 0 aliphatic heterocycles. The fraction of sp³-hybridized carbons (Fsp3) is 0.478. The molecule has 2 aromatic carbocycles. The van der Waals surface area contributed by atoms with E-state index in [1.54, 1.807) is 0 Å². The van der Waals surface area contributed by atoms with Crippen LogP contribution in [0, 0.1) is 0 Å². The first-order valence-corrected chi connectivity index (χ1v) is 11.0. The minimum atomic E-state index is -2.25. The Kier molecular flexibility index (Phi) is 7.26. The van der Waals surface area contributed by atoms with E-state index in [2.05, 4.69) is 59.7 Å². The second kappa shape index (κ2) is 9.02. The first-order chi connectivity index (χ1) is 12.3. The van der Waals surface area contributed by atoms with Crippen LogP contribution in [0.3, 0.4) is 0 Å². The number of rotatable bonds is 7. The molecule has 3 heteroatoms. The highest BCUT2D eigenvalue weighted by atomic mass is 31.1. The van der Waals surface area contributed by atoms with Gasteiger partial charge in [0, 0.05) is 5.30 Å². The molecule has 1 atom stereocenters. The predicted octanol–water partition coefficient (Wildman–Crippen LogP) is 6.86. The van der Waals surface area contributed by atoms with Crippen molar-refractivity contribution in [2.45, 2.75) is 66.2 Å². The lowest BCUT2D eigenvalue weighted by Gasteiger charge is -2.24. The molecule has 0 radical (unpaired) electrons. The summed E-state index contributed by atoms with van der Waals surface area (Å²) in [4.78, 5) is 0. The Labute approximate surface area is 159 Å². The summed E-state index contributed by atoms with van der Waals surface area (Å²) in [6.07, 6.45) is 0. The first-order valence-electron chi connectivity index (χ1n) is 9.72. The average molecular weight is 372 g/mol. The second-order valence-corrected chi connectivity index (χ2v) is 9.21. The van der Waals surface area contributed by atoms with Crippen molar-refractivity contribution < 1.29 is 9.09 Å². The number of benzene rings is 2. The van der Waals surface area contributed by atoms with Gasteiger partial charge in [0.1, 0.15) is 0 Å². The van der Waals surface area contributed by atoms with Crippen molar-refractivity contribution in [1.29, 1.82) is 0 Å². The van der Waals surface area contributed by atoms with Gasteiger partial charge in [-0.3, -0.25) is 4.57 Å². The molecule has 0 amide bonds. The van der Waals surface area contributed by atoms with E-state index in [9.17, 15) is 4.57 Å². The van der Waals surface area contributed by atoms with Crippen molar-refractivity contribution in [3.05, 3.63) is 53.1 Å². The Balaban J connectivity index is 2.83. The molecule has 0 aromatic heterocycles. The Morgan fingerprint density at radius 3 is 1.88 bits per heavy atom. The summed E-state index contributed by atoms with van der Waals surface area (Å²) in [6.45, 7) is 15.8. The van der Waals surface area contributed by atoms with Gasteiger partial charge in [-0.05, 0) is 58.6 Å². The standard InChI is InChI=1S/C23H33O2P/c1-8-25-26(24)22-12-10-9-11-19(22)23-20(16(4)5)13-18(15(2)3)14-21(23)17(6)7/h9-17,26H,8H2,1-7H3. The molecule has 2 rings (SSSR count). The van der Waals surface area contributed by atoms with E-state index < -0.39 is 8.03 Å². The maximum atomic E-state index is 12.7. The minimum Gasteiger partial charge on any atom is -0.328 e. The molecule has 0 aliphatic carbocycles. The summed E-state index contributed by atoms with van der Waals surface area (Å²) in [6, 6.07) is 12.7. The molecule has 0 bridgehead atoms. The van der Waals surface area contributed by atoms with Gasteiger partial charge in [-0.25, -0.2) is 0 Å². The molecule has 2 nitrogen and oxygen atoms in total. The van der Waals surface area contributed by atoms with Crippen molar-refractivity contribution in [2.75, 3.05) is 6.61 Å². The van der Waals surface area contributed by atoms with Crippen LogP contribution >= 0.6 is 8.03 Å². The maximum Gasteiger partial charge on any atom is 0.221 e. The summed E-state index contributed by atoms with van der Waals surface area (Å²) in [5, 5.41) is 0.834. The van der Waals surface area contributed by atoms with Crippen LogP contribution in [0.4, 0.5) is 0 Å². The van der Waals surface area contributed by atoms with E-state index in [1.807, 2.05) is 25.1 Å². The Morgan fingerprint density at radius 1 is 0.885 bits per heavy atom. The summed E-state index contributed by atoms with van der Waals surface area (Å²) in [7, 11) is -2.25. The minimum absolute atomic E-state index is 0.392. The Morgan fingerprint density at radius 2 is 1.42 bits per heavy atom. The van der Waals surface area contributed by atoms with Crippen LogP contribution in [-0.4, -0.2) is 6.61 Å². The third-order valence-electron chi connectivity index (χ3n) is 4.82. The summed E-state index contributed by atoms with van der Waals surface area (Å²) < 4.78 is 18.2. The SMILES string of the molecule is CCO[PH](=O)c1ccccc1-c1c(C(C)C)cc(C(C)C)cc1C(C)C. The molecule has 0 saturated carbocycles. The Hall–Kier alpha value is -1.37. The van der Waals surface area contributed by atoms with Crippen molar-refractivity contribution >= 4 is 13.3 Å². The van der Waals surface area contributed by atoms with E-state index >= 15 is 0 Å². The highest BCUT2D eigenvalue weighted by molar-refractivity contribution is 7.48. The van der Waals surface area contributed by atoms with Gasteiger partial charge in [0.15, 0.2) is 0 Å². The van der Waals surface area contributed by atoms with Gasteiger partial charge in [0.2, 0.25) is 8.03 Å². The molecule has 142 valence electrons. The van der Waals surface area contributed by atoms with Crippen molar-refractivity contribution in [2.24, 2.45) is 0 Å². The van der Waals surface area contributed by atoms with Crippen molar-refractivity contribution in [3.8, 4) is 11.1 Å². The van der Waals surface area contributed by atoms with Gasteiger partial charge in [-0.15, -0.1) is 0 Å². The smallest absolute Gasteiger partial charge is 0.221 e. The highest BCUT2D eigenvalue weighted by Crippen LogP contribution is 2.40. The van der Waals surface area contributed by atoms with Gasteiger partial charge in [-0.2, -0.15) is 0 Å². The third-order valence-corrected chi connectivity index (χ3v) is 6.25. The molecule has 26 heavy (non-hydrogen) atoms. The Bertz CT molecular complexity index is 747. The predicted molar refractivity (Wildman–Crippen MR) is 114 cm³/mol. The van der Waals surface area contributed by atoms with Crippen molar-refractivity contribution in [1.82, 2.24) is 0 Å². The van der Waals surface area contributed by atoms with E-state index in [1.165, 1.54) is 22.3 Å². The summed E-state index contributed by atoms with van der Waals surface area (Å²) in [5.41, 5.74) is 6.34. The van der Waals surface area contributed by atoms with E-state index in [0.717, 1.165) is 10.9 Å². The van der Waals surface area contributed by atoms with Gasteiger partial charge in [0.05, 0.1) is 6.61 Å². The summed E-state index contributed by atoms with van der Waals surface area (Å²) >= 11 is 0. The topological polar surface area (TPSA) is 26.3 Å². The lowest BCUT2D eigenvalue weighted by atomic mass is 9.82. The van der Waals surface area contributed by atoms with Crippen LogP contribution in [0.5, 0.6) is 0 Å². The average Bonchev–Trinajstić information content (AvgIpc) is 2.60. The van der Waals surface area contributed by atoms with Crippen LogP contribution in [0.2, 0.25) is 0 Å². The largest absolute Gasteiger partial charge is 0.328 e. The highest BCUT2D eigenvalue weighted by Gasteiger charge is 2.21. The lowest BCUT2D eigenvalue weighted by Crippen LogP contribution is -2.09. The van der Waals surface area contributed by atoms with Gasteiger partial charge >= 0.3 is 0 Å². The number of hydrogen-bond donors (Lipinski definition) is 0. The van der Waals surface area contributed by atoms with E-state index in [4.69, 9.17) is 4.52 Å². The zero-order valence-electron chi connectivity index (χ0n) is 17.2. The fourth-order valence-corrected chi connectivity index (χ4v) is 4.43. The molecule has 0 N–H and O–H groups in total. The number of hydrogen-bond acceptors (Lipinski definition) is 2. The molecule has 1 unspecified atom stereocenters. The van der Waals surface area contributed by atoms with Crippen LogP contribution in [0.15, 0.2) is 36.4 Å². The van der Waals surface area contributed by atoms with E-state index in [-0.39, 0.29) is 0 Å². The quantitative estimate of drug-likeness (QED) is 0.496. The molecule has 0 heterocycles. The van der Waals surface area contributed by atoms with Crippen LogP contribution in [0.25, 0.3) is 11.1 Å². The zero-order chi connectivity index (χ0) is 19.4. The molecule has 0 fully saturated rings. The molecule has 0 saturated heterocycles. The van der Waals surface area contributed by atoms with E-state index in [0.29, 0.717) is 24.4 Å². The third kappa shape index (κ3) is 4.48. The van der Waals surface area contributed by atoms with Crippen molar-refractivity contribution in [3.63, 3.8) is 0 Å². The fourth-order valence-electron chi connectivity index (χ4n) is 3.35. The normalized spacial score (nSPS) is 13.0. The van der Waals surface area contributed by atoms with Gasteiger partial charge in [-0.1, -0.05) is 71.9 Å². The summed E-state index contributed by atoms with van der Waals surface area (Å²) in [5.74, 6) is 1.27. The van der Waals surface area contributed by atoms with Crippen LogP contribution in [0.1, 0.15) is 82.9 Å². The van der Waals surface area contributed by atoms with Crippen LogP contribution < -0.4 is 5.30 Å². The molecule has 0 aliphatic rings. The van der Waals surface area contributed by atoms with Gasteiger partial charge in [0.25, 0.3) is 0 Å². The maximum absolute atomic E-state index is 12.7. The van der Waals surface area contributed by atoms with Gasteiger partial charge < -0.3 is 4.52 Å². The molecular weight excluding hydrogens is 339 g/mol. The second-order valence-electron chi connectivity index (χ2n) is 7.80. The first kappa shape index (κ1) is 20.9. The zero-order valence-corrected chi connectivity index (χ0v) is 18.2. The molecule has 2 aromatic rings.